The van der Waals surface area contributed by atoms with Crippen molar-refractivity contribution in [3.63, 3.8) is 0 Å². The number of rotatable bonds is 6. The van der Waals surface area contributed by atoms with Crippen LogP contribution in [-0.4, -0.2) is 15.5 Å². The Hall–Kier alpha value is -1.80. The Labute approximate surface area is 148 Å². The second-order valence-electron chi connectivity index (χ2n) is 4.93. The first-order chi connectivity index (χ1) is 11.5. The zero-order chi connectivity index (χ0) is 17.2. The lowest BCUT2D eigenvalue weighted by Gasteiger charge is -2.08. The first-order valence-corrected chi connectivity index (χ1v) is 9.67. The van der Waals surface area contributed by atoms with Crippen LogP contribution in [0.2, 0.25) is 5.02 Å². The van der Waals surface area contributed by atoms with E-state index in [0.717, 1.165) is 16.0 Å². The molecule has 0 unspecified atom stereocenters. The van der Waals surface area contributed by atoms with Crippen molar-refractivity contribution in [1.29, 1.82) is 0 Å². The second-order valence-corrected chi connectivity index (χ2v) is 8.10. The Kier molecular flexibility index (Phi) is 4.96. The van der Waals surface area contributed by atoms with E-state index < -0.39 is 10.0 Å². The van der Waals surface area contributed by atoms with Gasteiger partial charge in [-0.25, -0.2) is 13.1 Å². The number of methoxy groups -OCH3 is 1. The van der Waals surface area contributed by atoms with E-state index in [0.29, 0.717) is 5.75 Å². The fraction of sp³-hybridized carbons (Fsp3) is 0.125. The molecule has 0 aliphatic heterocycles. The van der Waals surface area contributed by atoms with E-state index in [9.17, 15) is 8.42 Å². The number of furan rings is 1. The number of nitrogens with one attached hydrogen (secondary N) is 1. The van der Waals surface area contributed by atoms with E-state index in [1.54, 1.807) is 12.5 Å². The highest BCUT2D eigenvalue weighted by atomic mass is 35.5. The van der Waals surface area contributed by atoms with Crippen molar-refractivity contribution in [3.8, 4) is 16.9 Å². The van der Waals surface area contributed by atoms with E-state index in [2.05, 4.69) is 4.72 Å². The molecular weight excluding hydrogens is 370 g/mol. The fourth-order valence-corrected chi connectivity index (χ4v) is 4.40. The summed E-state index contributed by atoms with van der Waals surface area (Å²) in [5.74, 6) is 0.429. The number of sulfonamides is 1. The Morgan fingerprint density at radius 2 is 2.08 bits per heavy atom. The summed E-state index contributed by atoms with van der Waals surface area (Å²) < 4.78 is 37.4. The molecule has 0 radical (unpaired) electrons. The van der Waals surface area contributed by atoms with Gasteiger partial charge >= 0.3 is 0 Å². The van der Waals surface area contributed by atoms with Crippen molar-refractivity contribution in [3.05, 3.63) is 58.1 Å². The van der Waals surface area contributed by atoms with Crippen LogP contribution in [0.3, 0.4) is 0 Å². The number of hydrogen-bond donors (Lipinski definition) is 1. The second kappa shape index (κ2) is 6.98. The number of thiophene rings is 1. The summed E-state index contributed by atoms with van der Waals surface area (Å²) in [7, 11) is -2.18. The summed E-state index contributed by atoms with van der Waals surface area (Å²) in [6, 6.07) is 8.14. The minimum atomic E-state index is -3.65. The van der Waals surface area contributed by atoms with E-state index in [1.807, 2.05) is 17.5 Å². The topological polar surface area (TPSA) is 68.5 Å². The average Bonchev–Trinajstić information content (AvgIpc) is 3.24. The molecule has 24 heavy (non-hydrogen) atoms. The van der Waals surface area contributed by atoms with E-state index >= 15 is 0 Å². The lowest BCUT2D eigenvalue weighted by molar-refractivity contribution is 0.414. The Bertz CT molecular complexity index is 933. The minimum Gasteiger partial charge on any atom is -0.495 e. The molecule has 0 aliphatic rings. The summed E-state index contributed by atoms with van der Waals surface area (Å²) in [5.41, 5.74) is 1.96. The van der Waals surface area contributed by atoms with Crippen molar-refractivity contribution in [2.24, 2.45) is 0 Å². The smallest absolute Gasteiger partial charge is 0.240 e. The maximum atomic E-state index is 12.4. The van der Waals surface area contributed by atoms with Gasteiger partial charge in [0.15, 0.2) is 0 Å². The van der Waals surface area contributed by atoms with Gasteiger partial charge in [-0.2, -0.15) is 0 Å². The van der Waals surface area contributed by atoms with E-state index in [4.69, 9.17) is 20.8 Å². The average molecular weight is 384 g/mol. The van der Waals surface area contributed by atoms with Crippen LogP contribution < -0.4 is 9.46 Å². The van der Waals surface area contributed by atoms with Gasteiger partial charge in [-0.05, 0) is 41.3 Å². The predicted octanol–water partition coefficient (Wildman–Crippen LogP) is 4.15. The van der Waals surface area contributed by atoms with Gasteiger partial charge in [0.25, 0.3) is 0 Å². The third kappa shape index (κ3) is 3.64. The SMILES string of the molecule is COc1ccc(S(=O)(=O)NCc2cc(-c3ccoc3)cs2)cc1Cl. The van der Waals surface area contributed by atoms with Gasteiger partial charge in [0.2, 0.25) is 10.0 Å². The van der Waals surface area contributed by atoms with Crippen LogP contribution in [0.4, 0.5) is 0 Å². The van der Waals surface area contributed by atoms with E-state index in [-0.39, 0.29) is 16.5 Å². The van der Waals surface area contributed by atoms with Crippen LogP contribution in [0, 0.1) is 0 Å². The molecule has 1 aromatic carbocycles. The molecule has 8 heteroatoms. The van der Waals surface area contributed by atoms with Gasteiger partial charge in [0, 0.05) is 17.0 Å². The van der Waals surface area contributed by atoms with Gasteiger partial charge in [-0.3, -0.25) is 0 Å². The number of halogens is 1. The molecule has 0 bridgehead atoms. The molecule has 0 aliphatic carbocycles. The Balaban J connectivity index is 1.72. The zero-order valence-electron chi connectivity index (χ0n) is 12.7. The van der Waals surface area contributed by atoms with Crippen LogP contribution in [0.25, 0.3) is 11.1 Å². The molecule has 126 valence electrons. The van der Waals surface area contributed by atoms with Crippen LogP contribution in [0.15, 0.2) is 57.6 Å². The van der Waals surface area contributed by atoms with Gasteiger partial charge in [0.05, 0.1) is 29.6 Å². The molecule has 0 fully saturated rings. The molecule has 0 spiro atoms. The van der Waals surface area contributed by atoms with E-state index in [1.165, 1.54) is 36.6 Å². The zero-order valence-corrected chi connectivity index (χ0v) is 15.0. The van der Waals surface area contributed by atoms with Crippen LogP contribution in [0.1, 0.15) is 4.88 Å². The minimum absolute atomic E-state index is 0.0971. The molecule has 0 saturated heterocycles. The molecule has 3 rings (SSSR count). The first-order valence-electron chi connectivity index (χ1n) is 6.93. The quantitative estimate of drug-likeness (QED) is 0.694. The van der Waals surface area contributed by atoms with Gasteiger partial charge in [0.1, 0.15) is 5.75 Å². The summed E-state index contributed by atoms with van der Waals surface area (Å²) in [5, 5.41) is 2.21. The Morgan fingerprint density at radius 3 is 2.75 bits per heavy atom. The molecule has 2 heterocycles. The van der Waals surface area contributed by atoms with Crippen molar-refractivity contribution in [2.75, 3.05) is 7.11 Å². The van der Waals surface area contributed by atoms with Crippen LogP contribution in [-0.2, 0) is 16.6 Å². The van der Waals surface area contributed by atoms with Gasteiger partial charge in [-0.1, -0.05) is 11.6 Å². The van der Waals surface area contributed by atoms with Crippen molar-refractivity contribution in [2.45, 2.75) is 11.4 Å². The Morgan fingerprint density at radius 1 is 1.25 bits per heavy atom. The standard InChI is InChI=1S/C16H14ClNO4S2/c1-21-16-3-2-14(7-15(16)17)24(19,20)18-8-13-6-12(10-23-13)11-4-5-22-9-11/h2-7,9-10,18H,8H2,1H3. The lowest BCUT2D eigenvalue weighted by Crippen LogP contribution is -2.22. The van der Waals surface area contributed by atoms with Gasteiger partial charge in [-0.15, -0.1) is 11.3 Å². The maximum absolute atomic E-state index is 12.4. The van der Waals surface area contributed by atoms with Gasteiger partial charge < -0.3 is 9.15 Å². The third-order valence-corrected chi connectivity index (χ3v) is 6.01. The normalized spacial score (nSPS) is 11.6. The van der Waals surface area contributed by atoms with Crippen LogP contribution in [0.5, 0.6) is 5.75 Å². The predicted molar refractivity (Wildman–Crippen MR) is 94.1 cm³/mol. The molecule has 3 aromatic rings. The number of hydrogen-bond acceptors (Lipinski definition) is 5. The lowest BCUT2D eigenvalue weighted by atomic mass is 10.2. The molecule has 0 amide bonds. The largest absolute Gasteiger partial charge is 0.495 e. The molecule has 0 atom stereocenters. The molecule has 1 N–H and O–H groups in total. The first kappa shape index (κ1) is 17.0. The third-order valence-electron chi connectivity index (χ3n) is 3.38. The summed E-state index contributed by atoms with van der Waals surface area (Å²) in [6.07, 6.45) is 3.25. The molecule has 5 nitrogen and oxygen atoms in total. The highest BCUT2D eigenvalue weighted by molar-refractivity contribution is 7.89. The highest BCUT2D eigenvalue weighted by Crippen LogP contribution is 2.28. The number of benzene rings is 1. The molecule has 2 aromatic heterocycles. The van der Waals surface area contributed by atoms with Crippen molar-refractivity contribution < 1.29 is 17.6 Å². The maximum Gasteiger partial charge on any atom is 0.240 e. The van der Waals surface area contributed by atoms with Crippen LogP contribution >= 0.6 is 22.9 Å². The molecule has 0 saturated carbocycles. The summed E-state index contributed by atoms with van der Waals surface area (Å²) in [6.45, 7) is 0.203. The monoisotopic (exact) mass is 383 g/mol. The number of ether oxygens (including phenoxy) is 1. The van der Waals surface area contributed by atoms with Crippen molar-refractivity contribution >= 4 is 33.0 Å². The summed E-state index contributed by atoms with van der Waals surface area (Å²) >= 11 is 7.47. The molecular formula is C16H14ClNO4S2. The van der Waals surface area contributed by atoms with Crippen molar-refractivity contribution in [1.82, 2.24) is 4.72 Å². The highest BCUT2D eigenvalue weighted by Gasteiger charge is 2.16. The fourth-order valence-electron chi connectivity index (χ4n) is 2.12. The summed E-state index contributed by atoms with van der Waals surface area (Å²) in [4.78, 5) is 0.995.